The van der Waals surface area contributed by atoms with Gasteiger partial charge in [-0.3, -0.25) is 4.79 Å². The highest BCUT2D eigenvalue weighted by atomic mass is 32.2. The van der Waals surface area contributed by atoms with Crippen molar-refractivity contribution in [1.29, 1.82) is 0 Å². The lowest BCUT2D eigenvalue weighted by Gasteiger charge is -2.25. The number of hydrogen-bond acceptors (Lipinski definition) is 3. The van der Waals surface area contributed by atoms with E-state index in [4.69, 9.17) is 0 Å². The lowest BCUT2D eigenvalue weighted by Crippen LogP contribution is -2.32. The molecule has 1 aromatic carbocycles. The zero-order valence-corrected chi connectivity index (χ0v) is 13.6. The summed E-state index contributed by atoms with van der Waals surface area (Å²) in [6.07, 6.45) is 3.22. The van der Waals surface area contributed by atoms with Crippen LogP contribution in [0.4, 0.5) is 13.2 Å². The van der Waals surface area contributed by atoms with Gasteiger partial charge in [0.25, 0.3) is 0 Å². The normalized spacial score (nSPS) is 22.3. The molecule has 0 saturated carbocycles. The molecule has 0 radical (unpaired) electrons. The van der Waals surface area contributed by atoms with Gasteiger partial charge in [0.05, 0.1) is 5.75 Å². The zero-order valence-electron chi connectivity index (χ0n) is 12.7. The van der Waals surface area contributed by atoms with Crippen LogP contribution in [0.1, 0.15) is 30.2 Å². The van der Waals surface area contributed by atoms with Gasteiger partial charge in [-0.2, -0.15) is 0 Å². The van der Waals surface area contributed by atoms with Crippen molar-refractivity contribution in [2.24, 2.45) is 0 Å². The Hall–Kier alpha value is -1.21. The van der Waals surface area contributed by atoms with Gasteiger partial charge in [-0.1, -0.05) is 6.07 Å². The van der Waals surface area contributed by atoms with E-state index in [-0.39, 0.29) is 17.2 Å². The highest BCUT2D eigenvalue weighted by molar-refractivity contribution is 8.00. The fourth-order valence-corrected chi connectivity index (χ4v) is 4.39. The average molecular weight is 344 g/mol. The van der Waals surface area contributed by atoms with Crippen LogP contribution >= 0.6 is 11.8 Å². The Morgan fingerprint density at radius 2 is 1.83 bits per heavy atom. The molecule has 0 spiro atoms. The van der Waals surface area contributed by atoms with E-state index in [1.807, 2.05) is 0 Å². The number of rotatable bonds is 5. The zero-order chi connectivity index (χ0) is 16.4. The number of benzene rings is 1. The summed E-state index contributed by atoms with van der Waals surface area (Å²) < 4.78 is 40.6. The van der Waals surface area contributed by atoms with Gasteiger partial charge in [0.15, 0.2) is 17.5 Å². The SMILES string of the molecule is O=C1CSC(c2ccc(F)c(F)c2F)N1CCCN1CCCC1. The minimum atomic E-state index is -1.47. The van der Waals surface area contributed by atoms with E-state index in [0.717, 1.165) is 32.1 Å². The van der Waals surface area contributed by atoms with Crippen LogP contribution in [0.15, 0.2) is 12.1 Å². The van der Waals surface area contributed by atoms with Crippen LogP contribution in [0.2, 0.25) is 0 Å². The summed E-state index contributed by atoms with van der Waals surface area (Å²) in [4.78, 5) is 16.0. The summed E-state index contributed by atoms with van der Waals surface area (Å²) >= 11 is 1.26. The molecule has 3 rings (SSSR count). The van der Waals surface area contributed by atoms with Gasteiger partial charge >= 0.3 is 0 Å². The summed E-state index contributed by atoms with van der Waals surface area (Å²) in [5, 5.41) is -0.573. The maximum atomic E-state index is 14.0. The fraction of sp³-hybridized carbons (Fsp3) is 0.562. The third-order valence-corrected chi connectivity index (χ3v) is 5.61. The number of thioether (sulfide) groups is 1. The number of hydrogen-bond donors (Lipinski definition) is 0. The maximum absolute atomic E-state index is 14.0. The van der Waals surface area contributed by atoms with Crippen molar-refractivity contribution < 1.29 is 18.0 Å². The van der Waals surface area contributed by atoms with E-state index >= 15 is 0 Å². The van der Waals surface area contributed by atoms with Crippen molar-refractivity contribution in [2.45, 2.75) is 24.6 Å². The lowest BCUT2D eigenvalue weighted by molar-refractivity contribution is -0.128. The first kappa shape index (κ1) is 16.6. The predicted octanol–water partition coefficient (Wildman–Crippen LogP) is 3.16. The molecule has 7 heteroatoms. The smallest absolute Gasteiger partial charge is 0.233 e. The molecular weight excluding hydrogens is 325 g/mol. The Morgan fingerprint density at radius 3 is 2.57 bits per heavy atom. The molecule has 2 aliphatic heterocycles. The molecule has 2 saturated heterocycles. The van der Waals surface area contributed by atoms with Crippen molar-refractivity contribution in [3.63, 3.8) is 0 Å². The maximum Gasteiger partial charge on any atom is 0.233 e. The molecule has 1 amide bonds. The Morgan fingerprint density at radius 1 is 1.09 bits per heavy atom. The van der Waals surface area contributed by atoms with Crippen LogP contribution in [0, 0.1) is 17.5 Å². The minimum absolute atomic E-state index is 0.0425. The van der Waals surface area contributed by atoms with Gasteiger partial charge < -0.3 is 9.80 Å². The van der Waals surface area contributed by atoms with E-state index in [9.17, 15) is 18.0 Å². The molecule has 23 heavy (non-hydrogen) atoms. The Labute approximate surface area is 137 Å². The first-order chi connectivity index (χ1) is 11.1. The lowest BCUT2D eigenvalue weighted by atomic mass is 10.1. The molecule has 0 aliphatic carbocycles. The van der Waals surface area contributed by atoms with Crippen LogP contribution < -0.4 is 0 Å². The minimum Gasteiger partial charge on any atom is -0.326 e. The van der Waals surface area contributed by atoms with Gasteiger partial charge in [0.2, 0.25) is 5.91 Å². The quantitative estimate of drug-likeness (QED) is 0.767. The molecule has 1 unspecified atom stereocenters. The number of halogens is 3. The molecule has 0 N–H and O–H groups in total. The number of nitrogens with zero attached hydrogens (tertiary/aromatic N) is 2. The van der Waals surface area contributed by atoms with E-state index in [1.54, 1.807) is 4.90 Å². The van der Waals surface area contributed by atoms with Gasteiger partial charge in [-0.25, -0.2) is 13.2 Å². The monoisotopic (exact) mass is 344 g/mol. The number of likely N-dealkylation sites (tertiary alicyclic amines) is 1. The molecule has 0 aromatic heterocycles. The number of amides is 1. The number of carbonyl (C=O) groups excluding carboxylic acids is 1. The van der Waals surface area contributed by atoms with Crippen LogP contribution in [-0.4, -0.2) is 47.6 Å². The topological polar surface area (TPSA) is 23.6 Å². The van der Waals surface area contributed by atoms with Crippen LogP contribution in [-0.2, 0) is 4.79 Å². The fourth-order valence-electron chi connectivity index (χ4n) is 3.16. The first-order valence-corrected chi connectivity index (χ1v) is 8.89. The standard InChI is InChI=1S/C16H19F3N2OS/c17-12-5-4-11(14(18)15(12)19)16-21(13(22)10-23-16)9-3-8-20-6-1-2-7-20/h4-5,16H,1-3,6-10H2. The molecule has 1 atom stereocenters. The molecular formula is C16H19F3N2OS. The first-order valence-electron chi connectivity index (χ1n) is 7.85. The van der Waals surface area contributed by atoms with Crippen LogP contribution in [0.5, 0.6) is 0 Å². The number of carbonyl (C=O) groups is 1. The Bertz CT molecular complexity index is 593. The summed E-state index contributed by atoms with van der Waals surface area (Å²) in [6, 6.07) is 2.15. The van der Waals surface area contributed by atoms with Crippen molar-refractivity contribution in [3.8, 4) is 0 Å². The van der Waals surface area contributed by atoms with Gasteiger partial charge in [-0.05, 0) is 45.0 Å². The second kappa shape index (κ2) is 7.13. The molecule has 2 heterocycles. The molecule has 2 fully saturated rings. The molecule has 126 valence electrons. The Balaban J connectivity index is 1.68. The van der Waals surface area contributed by atoms with Crippen LogP contribution in [0.25, 0.3) is 0 Å². The van der Waals surface area contributed by atoms with Gasteiger partial charge in [0, 0.05) is 12.1 Å². The van der Waals surface area contributed by atoms with E-state index in [1.165, 1.54) is 30.7 Å². The summed E-state index contributed by atoms with van der Waals surface area (Å²) in [5.41, 5.74) is 0.0425. The Kier molecular flexibility index (Phi) is 5.16. The van der Waals surface area contributed by atoms with Gasteiger partial charge in [0.1, 0.15) is 5.37 Å². The van der Waals surface area contributed by atoms with Crippen molar-refractivity contribution in [2.75, 3.05) is 31.9 Å². The van der Waals surface area contributed by atoms with E-state index < -0.39 is 22.8 Å². The largest absolute Gasteiger partial charge is 0.326 e. The molecule has 3 nitrogen and oxygen atoms in total. The van der Waals surface area contributed by atoms with Crippen LogP contribution in [0.3, 0.4) is 0 Å². The predicted molar refractivity (Wildman–Crippen MR) is 83.5 cm³/mol. The van der Waals surface area contributed by atoms with E-state index in [2.05, 4.69) is 4.90 Å². The second-order valence-corrected chi connectivity index (χ2v) is 6.99. The van der Waals surface area contributed by atoms with Gasteiger partial charge in [-0.15, -0.1) is 11.8 Å². The van der Waals surface area contributed by atoms with E-state index in [0.29, 0.717) is 6.54 Å². The molecule has 2 aliphatic rings. The molecule has 1 aromatic rings. The summed E-state index contributed by atoms with van der Waals surface area (Å²) in [6.45, 7) is 3.58. The second-order valence-electron chi connectivity index (χ2n) is 5.92. The highest BCUT2D eigenvalue weighted by Gasteiger charge is 2.35. The van der Waals surface area contributed by atoms with Crippen molar-refractivity contribution >= 4 is 17.7 Å². The average Bonchev–Trinajstić information content (AvgIpc) is 3.17. The molecule has 0 bridgehead atoms. The third-order valence-electron chi connectivity index (χ3n) is 4.37. The summed E-state index contributed by atoms with van der Waals surface area (Å²) in [7, 11) is 0. The summed E-state index contributed by atoms with van der Waals surface area (Å²) in [5.74, 6) is -3.71. The van der Waals surface area contributed by atoms with Crippen molar-refractivity contribution in [3.05, 3.63) is 35.1 Å². The highest BCUT2D eigenvalue weighted by Crippen LogP contribution is 2.40. The third kappa shape index (κ3) is 3.50. The van der Waals surface area contributed by atoms with Crippen molar-refractivity contribution in [1.82, 2.24) is 9.80 Å².